The van der Waals surface area contributed by atoms with Gasteiger partial charge in [0, 0.05) is 26.7 Å². The fourth-order valence-electron chi connectivity index (χ4n) is 2.97. The second-order valence-corrected chi connectivity index (χ2v) is 8.66. The van der Waals surface area contributed by atoms with Gasteiger partial charge >= 0.3 is 0 Å². The Balaban J connectivity index is 1.76. The molecule has 2 N–H and O–H groups in total. The van der Waals surface area contributed by atoms with E-state index in [9.17, 15) is 14.4 Å². The van der Waals surface area contributed by atoms with Crippen molar-refractivity contribution < 1.29 is 14.4 Å². The van der Waals surface area contributed by atoms with Crippen molar-refractivity contribution in [3.05, 3.63) is 63.0 Å². The molecular weight excluding hydrogens is 536 g/mol. The van der Waals surface area contributed by atoms with Crippen molar-refractivity contribution in [2.45, 2.75) is 19.4 Å². The SMILES string of the molecule is CCN1C(=O)C(CC(=O)Nc2cccc(Br)c2)N(NC(=O)c2ccc(Br)cc2)C1=S. The van der Waals surface area contributed by atoms with Crippen molar-refractivity contribution in [3.8, 4) is 0 Å². The number of hydrazine groups is 1. The molecule has 0 aromatic heterocycles. The minimum atomic E-state index is -0.927. The van der Waals surface area contributed by atoms with Crippen LogP contribution in [0.2, 0.25) is 0 Å². The lowest BCUT2D eigenvalue weighted by Crippen LogP contribution is -2.49. The highest BCUT2D eigenvalue weighted by atomic mass is 79.9. The Morgan fingerprint density at radius 1 is 1.10 bits per heavy atom. The fraction of sp³-hybridized carbons (Fsp3) is 0.200. The monoisotopic (exact) mass is 552 g/mol. The molecule has 1 unspecified atom stereocenters. The van der Waals surface area contributed by atoms with E-state index in [2.05, 4.69) is 42.6 Å². The number of hydrogen-bond acceptors (Lipinski definition) is 4. The number of carbonyl (C=O) groups is 3. The number of rotatable bonds is 6. The van der Waals surface area contributed by atoms with E-state index in [-0.39, 0.29) is 23.3 Å². The molecule has 0 radical (unpaired) electrons. The molecule has 3 rings (SSSR count). The Hall–Kier alpha value is -2.30. The topological polar surface area (TPSA) is 81.8 Å². The van der Waals surface area contributed by atoms with Crippen molar-refractivity contribution in [2.75, 3.05) is 11.9 Å². The van der Waals surface area contributed by atoms with E-state index in [0.29, 0.717) is 17.8 Å². The molecule has 7 nitrogen and oxygen atoms in total. The van der Waals surface area contributed by atoms with Crippen LogP contribution in [-0.2, 0) is 9.59 Å². The minimum absolute atomic E-state index is 0.160. The summed E-state index contributed by atoms with van der Waals surface area (Å²) in [7, 11) is 0. The number of amides is 3. The zero-order valence-electron chi connectivity index (χ0n) is 15.9. The van der Waals surface area contributed by atoms with Crippen molar-refractivity contribution in [1.82, 2.24) is 15.3 Å². The molecule has 1 atom stereocenters. The van der Waals surface area contributed by atoms with Gasteiger partial charge in [0.25, 0.3) is 11.8 Å². The second kappa shape index (κ2) is 9.67. The minimum Gasteiger partial charge on any atom is -0.326 e. The van der Waals surface area contributed by atoms with Gasteiger partial charge in [0.1, 0.15) is 6.04 Å². The van der Waals surface area contributed by atoms with Crippen LogP contribution in [0, 0.1) is 0 Å². The molecule has 2 aromatic rings. The standard InChI is InChI=1S/C20H18Br2N4O3S/c1-2-25-19(29)16(11-17(27)23-15-5-3-4-14(22)10-15)26(20(25)30)24-18(28)12-6-8-13(21)9-7-12/h3-10,16H,2,11H2,1H3,(H,23,27)(H,24,28). The summed E-state index contributed by atoms with van der Waals surface area (Å²) in [6, 6.07) is 13.0. The fourth-order valence-corrected chi connectivity index (χ4v) is 4.03. The molecule has 1 aliphatic rings. The Bertz CT molecular complexity index is 1000. The summed E-state index contributed by atoms with van der Waals surface area (Å²) >= 11 is 12.0. The van der Waals surface area contributed by atoms with Gasteiger partial charge in [-0.2, -0.15) is 0 Å². The van der Waals surface area contributed by atoms with Gasteiger partial charge in [-0.05, 0) is 61.6 Å². The van der Waals surface area contributed by atoms with E-state index in [1.807, 2.05) is 6.07 Å². The largest absolute Gasteiger partial charge is 0.326 e. The molecule has 30 heavy (non-hydrogen) atoms. The van der Waals surface area contributed by atoms with Gasteiger partial charge in [-0.1, -0.05) is 37.9 Å². The number of likely N-dealkylation sites (N-methyl/N-ethyl adjacent to an activating group) is 1. The molecule has 0 saturated carbocycles. The average molecular weight is 554 g/mol. The quantitative estimate of drug-likeness (QED) is 0.533. The predicted molar refractivity (Wildman–Crippen MR) is 125 cm³/mol. The van der Waals surface area contributed by atoms with Crippen LogP contribution < -0.4 is 10.7 Å². The smallest absolute Gasteiger partial charge is 0.269 e. The maximum absolute atomic E-state index is 12.8. The van der Waals surface area contributed by atoms with Crippen LogP contribution in [0.15, 0.2) is 57.5 Å². The number of benzene rings is 2. The predicted octanol–water partition coefficient (Wildman–Crippen LogP) is 3.70. The van der Waals surface area contributed by atoms with Gasteiger partial charge in [0.15, 0.2) is 5.11 Å². The maximum Gasteiger partial charge on any atom is 0.269 e. The highest BCUT2D eigenvalue weighted by molar-refractivity contribution is 9.10. The first kappa shape index (κ1) is 22.4. The maximum atomic E-state index is 12.8. The first-order chi connectivity index (χ1) is 14.3. The van der Waals surface area contributed by atoms with E-state index in [4.69, 9.17) is 12.2 Å². The summed E-state index contributed by atoms with van der Waals surface area (Å²) in [6.07, 6.45) is -0.164. The Morgan fingerprint density at radius 2 is 1.80 bits per heavy atom. The zero-order chi connectivity index (χ0) is 21.8. The number of nitrogens with zero attached hydrogens (tertiary/aromatic N) is 2. The second-order valence-electron chi connectivity index (χ2n) is 6.46. The lowest BCUT2D eigenvalue weighted by Gasteiger charge is -2.24. The van der Waals surface area contributed by atoms with Gasteiger partial charge in [0.05, 0.1) is 6.42 Å². The highest BCUT2D eigenvalue weighted by Crippen LogP contribution is 2.21. The van der Waals surface area contributed by atoms with Crippen LogP contribution in [0.25, 0.3) is 0 Å². The van der Waals surface area contributed by atoms with E-state index in [0.717, 1.165) is 8.95 Å². The molecule has 0 bridgehead atoms. The van der Waals surface area contributed by atoms with Crippen LogP contribution >= 0.6 is 44.1 Å². The summed E-state index contributed by atoms with van der Waals surface area (Å²) in [6.45, 7) is 2.12. The third-order valence-electron chi connectivity index (χ3n) is 4.43. The van der Waals surface area contributed by atoms with Crippen LogP contribution in [0.1, 0.15) is 23.7 Å². The Morgan fingerprint density at radius 3 is 2.43 bits per heavy atom. The lowest BCUT2D eigenvalue weighted by molar-refractivity contribution is -0.130. The molecule has 1 heterocycles. The van der Waals surface area contributed by atoms with E-state index in [1.54, 1.807) is 49.4 Å². The molecule has 1 fully saturated rings. The highest BCUT2D eigenvalue weighted by Gasteiger charge is 2.43. The van der Waals surface area contributed by atoms with Crippen molar-refractivity contribution in [1.29, 1.82) is 0 Å². The van der Waals surface area contributed by atoms with E-state index in [1.165, 1.54) is 9.91 Å². The van der Waals surface area contributed by atoms with Crippen LogP contribution in [0.4, 0.5) is 5.69 Å². The summed E-state index contributed by atoms with van der Waals surface area (Å²) in [5.41, 5.74) is 3.68. The summed E-state index contributed by atoms with van der Waals surface area (Å²) < 4.78 is 1.66. The molecule has 2 aromatic carbocycles. The number of nitrogens with one attached hydrogen (secondary N) is 2. The summed E-state index contributed by atoms with van der Waals surface area (Å²) in [5.74, 6) is -1.12. The van der Waals surface area contributed by atoms with E-state index < -0.39 is 11.9 Å². The number of thiocarbonyl (C=S) groups is 1. The first-order valence-corrected chi connectivity index (χ1v) is 11.1. The van der Waals surface area contributed by atoms with Crippen LogP contribution in [0.3, 0.4) is 0 Å². The Kier molecular flexibility index (Phi) is 7.22. The summed E-state index contributed by atoms with van der Waals surface area (Å²) in [5, 5.41) is 4.22. The molecule has 3 amide bonds. The van der Waals surface area contributed by atoms with Gasteiger partial charge in [0.2, 0.25) is 5.91 Å². The Labute approximate surface area is 196 Å². The molecular formula is C20H18Br2N4O3S. The first-order valence-electron chi connectivity index (χ1n) is 9.06. The number of carbonyl (C=O) groups excluding carboxylic acids is 3. The van der Waals surface area contributed by atoms with Crippen molar-refractivity contribution >= 4 is 72.6 Å². The van der Waals surface area contributed by atoms with E-state index >= 15 is 0 Å². The normalized spacial score (nSPS) is 16.0. The molecule has 156 valence electrons. The molecule has 0 aliphatic carbocycles. The summed E-state index contributed by atoms with van der Waals surface area (Å²) in [4.78, 5) is 39.4. The van der Waals surface area contributed by atoms with Crippen LogP contribution in [-0.4, -0.2) is 45.3 Å². The van der Waals surface area contributed by atoms with Gasteiger partial charge < -0.3 is 5.32 Å². The van der Waals surface area contributed by atoms with Crippen LogP contribution in [0.5, 0.6) is 0 Å². The van der Waals surface area contributed by atoms with Gasteiger partial charge in [-0.3, -0.25) is 24.7 Å². The van der Waals surface area contributed by atoms with Gasteiger partial charge in [-0.25, -0.2) is 5.01 Å². The van der Waals surface area contributed by atoms with Crippen molar-refractivity contribution in [3.63, 3.8) is 0 Å². The van der Waals surface area contributed by atoms with Gasteiger partial charge in [-0.15, -0.1) is 0 Å². The third-order valence-corrected chi connectivity index (χ3v) is 5.87. The average Bonchev–Trinajstić information content (AvgIpc) is 2.91. The molecule has 10 heteroatoms. The van der Waals surface area contributed by atoms with Crippen molar-refractivity contribution in [2.24, 2.45) is 0 Å². The molecule has 1 saturated heterocycles. The molecule has 1 aliphatic heterocycles. The lowest BCUT2D eigenvalue weighted by atomic mass is 10.2. The number of anilines is 1. The number of halogens is 2. The molecule has 0 spiro atoms. The number of hydrogen-bond donors (Lipinski definition) is 2. The third kappa shape index (κ3) is 5.05. The zero-order valence-corrected chi connectivity index (χ0v) is 19.9.